The fraction of sp³-hybridized carbons (Fsp3) is 0.562. The average molecular weight is 293 g/mol. The van der Waals surface area contributed by atoms with Gasteiger partial charge in [0.15, 0.2) is 0 Å². The number of hydrogen-bond donors (Lipinski definition) is 1. The zero-order chi connectivity index (χ0) is 14.3. The summed E-state index contributed by atoms with van der Waals surface area (Å²) in [6, 6.07) is 8.40. The van der Waals surface area contributed by atoms with Gasteiger partial charge in [-0.25, -0.2) is 0 Å². The quantitative estimate of drug-likeness (QED) is 0.911. The van der Waals surface area contributed by atoms with E-state index >= 15 is 0 Å². The van der Waals surface area contributed by atoms with Crippen LogP contribution in [0.1, 0.15) is 37.7 Å². The lowest BCUT2D eigenvalue weighted by Crippen LogP contribution is -2.49. The first kappa shape index (κ1) is 13.9. The third-order valence-electron chi connectivity index (χ3n) is 4.58. The summed E-state index contributed by atoms with van der Waals surface area (Å²) >= 11 is 6.02. The Labute approximate surface area is 125 Å². The van der Waals surface area contributed by atoms with Crippen LogP contribution in [0.3, 0.4) is 0 Å². The number of piperidine rings is 1. The van der Waals surface area contributed by atoms with Crippen molar-refractivity contribution in [2.75, 3.05) is 6.54 Å². The van der Waals surface area contributed by atoms with Crippen LogP contribution < -0.4 is 5.73 Å². The van der Waals surface area contributed by atoms with E-state index in [4.69, 9.17) is 17.3 Å². The summed E-state index contributed by atoms with van der Waals surface area (Å²) in [5, 5.41) is 0.748. The molecule has 20 heavy (non-hydrogen) atoms. The van der Waals surface area contributed by atoms with Gasteiger partial charge >= 0.3 is 0 Å². The zero-order valence-electron chi connectivity index (χ0n) is 11.8. The Morgan fingerprint density at radius 1 is 1.40 bits per heavy atom. The molecular weight excluding hydrogens is 272 g/mol. The van der Waals surface area contributed by atoms with E-state index in [0.29, 0.717) is 11.8 Å². The lowest BCUT2D eigenvalue weighted by atomic mass is 9.98. The van der Waals surface area contributed by atoms with Gasteiger partial charge in [-0.05, 0) is 49.8 Å². The Morgan fingerprint density at radius 3 is 2.90 bits per heavy atom. The van der Waals surface area contributed by atoms with Crippen molar-refractivity contribution in [3.05, 3.63) is 34.9 Å². The number of likely N-dealkylation sites (tertiary alicyclic amines) is 1. The van der Waals surface area contributed by atoms with Crippen molar-refractivity contribution in [3.63, 3.8) is 0 Å². The van der Waals surface area contributed by atoms with E-state index in [1.54, 1.807) is 0 Å². The molecule has 4 atom stereocenters. The molecule has 1 aliphatic heterocycles. The molecule has 0 bridgehead atoms. The molecule has 2 aliphatic rings. The molecule has 108 valence electrons. The van der Waals surface area contributed by atoms with Crippen molar-refractivity contribution in [1.82, 2.24) is 4.90 Å². The highest BCUT2D eigenvalue weighted by Gasteiger charge is 2.47. The smallest absolute Gasteiger partial charge is 0.226 e. The topological polar surface area (TPSA) is 46.3 Å². The molecule has 3 rings (SSSR count). The van der Waals surface area contributed by atoms with Crippen LogP contribution >= 0.6 is 11.6 Å². The van der Waals surface area contributed by atoms with Crippen molar-refractivity contribution in [1.29, 1.82) is 0 Å². The summed E-state index contributed by atoms with van der Waals surface area (Å²) in [6.07, 6.45) is 2.79. The minimum Gasteiger partial charge on any atom is -0.340 e. The van der Waals surface area contributed by atoms with E-state index in [0.717, 1.165) is 30.8 Å². The van der Waals surface area contributed by atoms with Crippen LogP contribution in [0.15, 0.2) is 24.3 Å². The van der Waals surface area contributed by atoms with Crippen LogP contribution in [-0.4, -0.2) is 29.4 Å². The lowest BCUT2D eigenvalue weighted by Gasteiger charge is -2.36. The van der Waals surface area contributed by atoms with Crippen LogP contribution in [-0.2, 0) is 4.79 Å². The lowest BCUT2D eigenvalue weighted by molar-refractivity contribution is -0.136. The molecular formula is C16H21ClN2O. The van der Waals surface area contributed by atoms with Gasteiger partial charge in [-0.3, -0.25) is 4.79 Å². The SMILES string of the molecule is CC1CC(N)CCN1C(=O)C1CC1c1cccc(Cl)c1. The number of nitrogens with two attached hydrogens (primary N) is 1. The maximum atomic E-state index is 12.6. The monoisotopic (exact) mass is 292 g/mol. The van der Waals surface area contributed by atoms with E-state index in [2.05, 4.69) is 13.0 Å². The van der Waals surface area contributed by atoms with E-state index in [-0.39, 0.29) is 18.0 Å². The summed E-state index contributed by atoms with van der Waals surface area (Å²) in [7, 11) is 0. The first-order valence-electron chi connectivity index (χ1n) is 7.38. The van der Waals surface area contributed by atoms with Gasteiger partial charge in [-0.2, -0.15) is 0 Å². The van der Waals surface area contributed by atoms with Gasteiger partial charge in [0, 0.05) is 29.6 Å². The predicted molar refractivity (Wildman–Crippen MR) is 80.7 cm³/mol. The van der Waals surface area contributed by atoms with Gasteiger partial charge in [0.05, 0.1) is 0 Å². The fourth-order valence-electron chi connectivity index (χ4n) is 3.32. The molecule has 1 heterocycles. The van der Waals surface area contributed by atoms with Crippen molar-refractivity contribution in [2.24, 2.45) is 11.7 Å². The van der Waals surface area contributed by atoms with Crippen LogP contribution in [0.2, 0.25) is 5.02 Å². The number of amides is 1. The Balaban J connectivity index is 1.65. The van der Waals surface area contributed by atoms with E-state index in [9.17, 15) is 4.79 Å². The first-order chi connectivity index (χ1) is 9.56. The van der Waals surface area contributed by atoms with Crippen molar-refractivity contribution in [3.8, 4) is 0 Å². The number of carbonyl (C=O) groups excluding carboxylic acids is 1. The Hall–Kier alpha value is -1.06. The number of halogens is 1. The summed E-state index contributed by atoms with van der Waals surface area (Å²) in [5.41, 5.74) is 7.15. The second-order valence-corrected chi connectivity index (χ2v) is 6.61. The van der Waals surface area contributed by atoms with Crippen LogP contribution in [0.4, 0.5) is 0 Å². The molecule has 1 saturated carbocycles. The molecule has 1 saturated heterocycles. The predicted octanol–water partition coefficient (Wildman–Crippen LogP) is 2.78. The highest BCUT2D eigenvalue weighted by molar-refractivity contribution is 6.30. The van der Waals surface area contributed by atoms with Gasteiger partial charge in [-0.15, -0.1) is 0 Å². The molecule has 1 aromatic carbocycles. The van der Waals surface area contributed by atoms with Crippen LogP contribution in [0.5, 0.6) is 0 Å². The number of benzene rings is 1. The minimum absolute atomic E-state index is 0.144. The molecule has 0 aromatic heterocycles. The molecule has 4 unspecified atom stereocenters. The average Bonchev–Trinajstić information content (AvgIpc) is 3.18. The van der Waals surface area contributed by atoms with Gasteiger partial charge < -0.3 is 10.6 Å². The van der Waals surface area contributed by atoms with E-state index < -0.39 is 0 Å². The molecule has 1 amide bonds. The minimum atomic E-state index is 0.144. The maximum absolute atomic E-state index is 12.6. The largest absolute Gasteiger partial charge is 0.340 e. The molecule has 0 spiro atoms. The van der Waals surface area contributed by atoms with Crippen LogP contribution in [0, 0.1) is 5.92 Å². The van der Waals surface area contributed by atoms with E-state index in [1.807, 2.05) is 23.1 Å². The third kappa shape index (κ3) is 2.70. The highest BCUT2D eigenvalue weighted by atomic mass is 35.5. The molecule has 1 aromatic rings. The van der Waals surface area contributed by atoms with Crippen molar-refractivity contribution >= 4 is 17.5 Å². The van der Waals surface area contributed by atoms with Crippen molar-refractivity contribution < 1.29 is 4.79 Å². The van der Waals surface area contributed by atoms with E-state index in [1.165, 1.54) is 5.56 Å². The molecule has 3 nitrogen and oxygen atoms in total. The molecule has 0 radical (unpaired) electrons. The molecule has 2 fully saturated rings. The normalized spacial score (nSPS) is 33.0. The molecule has 2 N–H and O–H groups in total. The summed E-state index contributed by atoms with van der Waals surface area (Å²) in [6.45, 7) is 2.91. The second kappa shape index (κ2) is 5.38. The fourth-order valence-corrected chi connectivity index (χ4v) is 3.52. The van der Waals surface area contributed by atoms with Gasteiger partial charge in [0.25, 0.3) is 0 Å². The summed E-state index contributed by atoms with van der Waals surface area (Å²) < 4.78 is 0. The summed E-state index contributed by atoms with van der Waals surface area (Å²) in [5.74, 6) is 0.795. The summed E-state index contributed by atoms with van der Waals surface area (Å²) in [4.78, 5) is 14.6. The van der Waals surface area contributed by atoms with Gasteiger partial charge in [0.1, 0.15) is 0 Å². The standard InChI is InChI=1S/C16H21ClN2O/c1-10-7-13(18)5-6-19(10)16(20)15-9-14(15)11-3-2-4-12(17)8-11/h2-4,8,10,13-15H,5-7,9,18H2,1H3. The Morgan fingerprint density at radius 2 is 2.20 bits per heavy atom. The zero-order valence-corrected chi connectivity index (χ0v) is 12.5. The maximum Gasteiger partial charge on any atom is 0.226 e. The Kier molecular flexibility index (Phi) is 3.74. The Bertz CT molecular complexity index is 519. The highest BCUT2D eigenvalue weighted by Crippen LogP contribution is 2.49. The van der Waals surface area contributed by atoms with Crippen LogP contribution in [0.25, 0.3) is 0 Å². The molecule has 4 heteroatoms. The second-order valence-electron chi connectivity index (χ2n) is 6.17. The number of hydrogen-bond acceptors (Lipinski definition) is 2. The van der Waals surface area contributed by atoms with Crippen molar-refractivity contribution in [2.45, 2.75) is 44.2 Å². The van der Waals surface area contributed by atoms with Gasteiger partial charge in [0.2, 0.25) is 5.91 Å². The number of rotatable bonds is 2. The third-order valence-corrected chi connectivity index (χ3v) is 4.82. The van der Waals surface area contributed by atoms with Gasteiger partial charge in [-0.1, -0.05) is 23.7 Å². The number of nitrogens with zero attached hydrogens (tertiary/aromatic N) is 1. The first-order valence-corrected chi connectivity index (χ1v) is 7.75. The number of carbonyl (C=O) groups is 1. The molecule has 1 aliphatic carbocycles.